The van der Waals surface area contributed by atoms with Gasteiger partial charge in [-0.3, -0.25) is 14.5 Å². The van der Waals surface area contributed by atoms with Crippen molar-refractivity contribution in [3.8, 4) is 5.75 Å². The lowest BCUT2D eigenvalue weighted by Gasteiger charge is -2.15. The summed E-state index contributed by atoms with van der Waals surface area (Å²) in [6, 6.07) is 8.99. The third-order valence-electron chi connectivity index (χ3n) is 4.38. The van der Waals surface area contributed by atoms with Crippen LogP contribution >= 0.6 is 0 Å². The van der Waals surface area contributed by atoms with Crippen LogP contribution < -0.4 is 10.5 Å². The summed E-state index contributed by atoms with van der Waals surface area (Å²) in [5, 5.41) is 8.87. The predicted octanol–water partition coefficient (Wildman–Crippen LogP) is 2.82. The molecule has 0 unspecified atom stereocenters. The maximum atomic E-state index is 14.2. The molecule has 3 N–H and O–H groups in total. The predicted molar refractivity (Wildman–Crippen MR) is 118 cm³/mol. The van der Waals surface area contributed by atoms with Crippen molar-refractivity contribution in [2.45, 2.75) is 33.1 Å². The molecule has 0 atom stereocenters. The molecule has 0 spiro atoms. The van der Waals surface area contributed by atoms with E-state index in [4.69, 9.17) is 20.3 Å². The molecular weight excluding hydrogens is 417 g/mol. The van der Waals surface area contributed by atoms with Crippen LogP contribution in [0.4, 0.5) is 4.39 Å². The van der Waals surface area contributed by atoms with Crippen LogP contribution in [-0.4, -0.2) is 54.5 Å². The second kappa shape index (κ2) is 11.4. The highest BCUT2D eigenvalue weighted by Gasteiger charge is 2.14. The Bertz CT molecular complexity index is 1010. The zero-order valence-electron chi connectivity index (χ0n) is 18.6. The SMILES string of the molecule is COCc1cc(C(=O)N=C(N)c2ccc(F)c(CN(C)CC(=O)O)c2)ccc1OC(C)C. The molecular formula is C23H28FN3O5. The summed E-state index contributed by atoms with van der Waals surface area (Å²) in [5.74, 6) is -1.55. The number of hydrogen-bond donors (Lipinski definition) is 2. The fourth-order valence-corrected chi connectivity index (χ4v) is 3.02. The minimum atomic E-state index is -1.02. The van der Waals surface area contributed by atoms with Crippen LogP contribution in [-0.2, 0) is 22.7 Å². The van der Waals surface area contributed by atoms with E-state index in [1.807, 2.05) is 13.8 Å². The van der Waals surface area contributed by atoms with Gasteiger partial charge in [0, 0.05) is 35.9 Å². The number of carbonyl (C=O) groups excluding carboxylic acids is 1. The summed E-state index contributed by atoms with van der Waals surface area (Å²) in [6.45, 7) is 3.87. The number of likely N-dealkylation sites (N-methyl/N-ethyl adjacent to an activating group) is 1. The van der Waals surface area contributed by atoms with Gasteiger partial charge in [-0.1, -0.05) is 0 Å². The van der Waals surface area contributed by atoms with Crippen LogP contribution in [0, 0.1) is 5.82 Å². The number of carboxylic acids is 1. The first-order chi connectivity index (χ1) is 15.1. The molecule has 9 heteroatoms. The summed E-state index contributed by atoms with van der Waals surface area (Å²) in [6.07, 6.45) is -0.0389. The molecule has 2 aromatic carbocycles. The summed E-state index contributed by atoms with van der Waals surface area (Å²) in [7, 11) is 3.11. The van der Waals surface area contributed by atoms with Gasteiger partial charge in [0.1, 0.15) is 17.4 Å². The van der Waals surface area contributed by atoms with Crippen LogP contribution in [0.25, 0.3) is 0 Å². The Kier molecular flexibility index (Phi) is 8.86. The Labute approximate surface area is 186 Å². The fourth-order valence-electron chi connectivity index (χ4n) is 3.02. The van der Waals surface area contributed by atoms with Gasteiger partial charge in [0.25, 0.3) is 5.91 Å². The lowest BCUT2D eigenvalue weighted by Crippen LogP contribution is -2.26. The van der Waals surface area contributed by atoms with Crippen LogP contribution in [0.15, 0.2) is 41.4 Å². The molecule has 0 aliphatic heterocycles. The molecule has 0 saturated carbocycles. The maximum Gasteiger partial charge on any atom is 0.317 e. The first-order valence-corrected chi connectivity index (χ1v) is 9.96. The van der Waals surface area contributed by atoms with Crippen LogP contribution in [0.1, 0.15) is 40.9 Å². The molecule has 0 aromatic heterocycles. The number of nitrogens with zero attached hydrogens (tertiary/aromatic N) is 2. The number of amides is 1. The number of aliphatic imine (C=N–C) groups is 1. The first-order valence-electron chi connectivity index (χ1n) is 9.96. The summed E-state index contributed by atoms with van der Waals surface area (Å²) >= 11 is 0. The summed E-state index contributed by atoms with van der Waals surface area (Å²) in [5.41, 5.74) is 7.61. The van der Waals surface area contributed by atoms with Gasteiger partial charge in [0.2, 0.25) is 0 Å². The number of nitrogens with two attached hydrogens (primary N) is 1. The number of benzene rings is 2. The highest BCUT2D eigenvalue weighted by molar-refractivity contribution is 6.08. The van der Waals surface area contributed by atoms with E-state index in [0.29, 0.717) is 22.4 Å². The number of carbonyl (C=O) groups is 2. The van der Waals surface area contributed by atoms with E-state index in [9.17, 15) is 14.0 Å². The van der Waals surface area contributed by atoms with Crippen molar-refractivity contribution in [2.24, 2.45) is 10.7 Å². The number of carboxylic acid groups (broad SMARTS) is 1. The van der Waals surface area contributed by atoms with Gasteiger partial charge in [0.15, 0.2) is 0 Å². The van der Waals surface area contributed by atoms with Gasteiger partial charge in [-0.2, -0.15) is 4.99 Å². The number of aliphatic carboxylic acids is 1. The van der Waals surface area contributed by atoms with Gasteiger partial charge in [-0.15, -0.1) is 0 Å². The number of rotatable bonds is 10. The summed E-state index contributed by atoms with van der Waals surface area (Å²) < 4.78 is 25.1. The topological polar surface area (TPSA) is 114 Å². The smallest absolute Gasteiger partial charge is 0.317 e. The number of methoxy groups -OCH3 is 1. The van der Waals surface area contributed by atoms with Crippen molar-refractivity contribution in [2.75, 3.05) is 20.7 Å². The molecule has 32 heavy (non-hydrogen) atoms. The second-order valence-electron chi connectivity index (χ2n) is 7.60. The zero-order valence-corrected chi connectivity index (χ0v) is 18.6. The first kappa shape index (κ1) is 25.0. The molecule has 2 rings (SSSR count). The molecule has 8 nitrogen and oxygen atoms in total. The zero-order chi connectivity index (χ0) is 23.8. The quantitative estimate of drug-likeness (QED) is 0.427. The van der Waals surface area contributed by atoms with Crippen molar-refractivity contribution in [3.05, 3.63) is 64.5 Å². The van der Waals surface area contributed by atoms with Crippen LogP contribution in [0.2, 0.25) is 0 Å². The number of ether oxygens (including phenoxy) is 2. The Morgan fingerprint density at radius 3 is 2.44 bits per heavy atom. The van der Waals surface area contributed by atoms with E-state index >= 15 is 0 Å². The van der Waals surface area contributed by atoms with E-state index in [2.05, 4.69) is 4.99 Å². The van der Waals surface area contributed by atoms with Crippen molar-refractivity contribution in [3.63, 3.8) is 0 Å². The number of hydrogen-bond acceptors (Lipinski definition) is 5. The molecule has 2 aromatic rings. The molecule has 0 saturated heterocycles. The molecule has 172 valence electrons. The highest BCUT2D eigenvalue weighted by atomic mass is 19.1. The van der Waals surface area contributed by atoms with E-state index in [1.54, 1.807) is 32.4 Å². The van der Waals surface area contributed by atoms with Gasteiger partial charge in [0.05, 0.1) is 19.3 Å². The normalized spacial score (nSPS) is 11.8. The maximum absolute atomic E-state index is 14.2. The lowest BCUT2D eigenvalue weighted by atomic mass is 10.1. The highest BCUT2D eigenvalue weighted by Crippen LogP contribution is 2.23. The molecule has 0 aliphatic rings. The Morgan fingerprint density at radius 1 is 1.16 bits per heavy atom. The molecule has 0 radical (unpaired) electrons. The molecule has 0 aliphatic carbocycles. The second-order valence-corrected chi connectivity index (χ2v) is 7.60. The third kappa shape index (κ3) is 7.14. The van der Waals surface area contributed by atoms with Crippen molar-refractivity contribution in [1.82, 2.24) is 4.90 Å². The third-order valence-corrected chi connectivity index (χ3v) is 4.38. The number of halogens is 1. The largest absolute Gasteiger partial charge is 0.491 e. The Balaban J connectivity index is 2.27. The average molecular weight is 445 g/mol. The molecule has 0 bridgehead atoms. The van der Waals surface area contributed by atoms with Crippen molar-refractivity contribution < 1.29 is 28.6 Å². The molecule has 0 heterocycles. The van der Waals surface area contributed by atoms with Crippen LogP contribution in [0.3, 0.4) is 0 Å². The molecule has 0 fully saturated rings. The lowest BCUT2D eigenvalue weighted by molar-refractivity contribution is -0.138. The number of amidine groups is 1. The minimum absolute atomic E-state index is 0.0389. The Morgan fingerprint density at radius 2 is 1.81 bits per heavy atom. The van der Waals surface area contributed by atoms with Gasteiger partial charge in [-0.05, 0) is 57.3 Å². The van der Waals surface area contributed by atoms with Gasteiger partial charge >= 0.3 is 5.97 Å². The minimum Gasteiger partial charge on any atom is -0.491 e. The van der Waals surface area contributed by atoms with Gasteiger partial charge in [-0.25, -0.2) is 4.39 Å². The van der Waals surface area contributed by atoms with E-state index < -0.39 is 17.7 Å². The Hall–Kier alpha value is -3.30. The van der Waals surface area contributed by atoms with E-state index in [1.165, 1.54) is 23.1 Å². The van der Waals surface area contributed by atoms with Gasteiger partial charge < -0.3 is 20.3 Å². The summed E-state index contributed by atoms with van der Waals surface area (Å²) in [4.78, 5) is 28.9. The fraction of sp³-hybridized carbons (Fsp3) is 0.348. The van der Waals surface area contributed by atoms with E-state index in [0.717, 1.165) is 0 Å². The average Bonchev–Trinajstić information content (AvgIpc) is 2.70. The van der Waals surface area contributed by atoms with Crippen molar-refractivity contribution >= 4 is 17.7 Å². The standard InChI is InChI=1S/C23H28FN3O5/c1-14(2)32-20-8-6-16(10-18(20)13-31-4)23(30)26-22(25)15-5-7-19(24)17(9-15)11-27(3)12-21(28)29/h5-10,14H,11-13H2,1-4H3,(H,28,29)(H2,25,26,30). The van der Waals surface area contributed by atoms with Crippen LogP contribution in [0.5, 0.6) is 5.75 Å². The van der Waals surface area contributed by atoms with E-state index in [-0.39, 0.29) is 37.2 Å². The molecule has 1 amide bonds. The van der Waals surface area contributed by atoms with Crippen molar-refractivity contribution in [1.29, 1.82) is 0 Å². The monoisotopic (exact) mass is 445 g/mol.